The maximum atomic E-state index is 11.2. The van der Waals surface area contributed by atoms with Crippen LogP contribution in [0.3, 0.4) is 0 Å². The van der Waals surface area contributed by atoms with E-state index in [-0.39, 0.29) is 84.3 Å². The first-order valence-electron chi connectivity index (χ1n) is 9.27. The van der Waals surface area contributed by atoms with Crippen molar-refractivity contribution >= 4 is 11.9 Å². The van der Waals surface area contributed by atoms with E-state index in [4.69, 9.17) is 10.2 Å². The molecule has 8 nitrogen and oxygen atoms in total. The molecule has 0 amide bonds. The maximum absolute atomic E-state index is 11.2. The van der Waals surface area contributed by atoms with Crippen LogP contribution in [0.15, 0.2) is 48.5 Å². The largest absolute Gasteiger partial charge is 1.00 e. The number of rotatable bonds is 12. The van der Waals surface area contributed by atoms with Gasteiger partial charge in [-0.3, -0.25) is 19.4 Å². The molecule has 0 aromatic heterocycles. The van der Waals surface area contributed by atoms with E-state index < -0.39 is 11.9 Å². The smallest absolute Gasteiger partial charge is 0.508 e. The van der Waals surface area contributed by atoms with E-state index in [1.165, 1.54) is 0 Å². The van der Waals surface area contributed by atoms with Crippen molar-refractivity contribution in [2.45, 2.75) is 19.5 Å². The molecule has 2 rings (SSSR count). The number of carboxylic acids is 2. The molecular weight excluding hydrogens is 455 g/mol. The molecule has 0 bridgehead atoms. The first-order valence-corrected chi connectivity index (χ1v) is 9.27. The second kappa shape index (κ2) is 15.3. The molecule has 0 spiro atoms. The minimum absolute atomic E-state index is 0. The quantitative estimate of drug-likeness (QED) is 0.284. The number of carboxylic acid groups (broad SMARTS) is 2. The molecule has 10 heteroatoms. The van der Waals surface area contributed by atoms with Crippen LogP contribution in [0.1, 0.15) is 17.5 Å². The normalized spacial score (nSPS) is 10.4. The van der Waals surface area contributed by atoms with Crippen molar-refractivity contribution in [1.82, 2.24) is 9.80 Å². The minimum Gasteiger partial charge on any atom is -0.508 e. The van der Waals surface area contributed by atoms with E-state index in [9.17, 15) is 19.8 Å². The van der Waals surface area contributed by atoms with Crippen molar-refractivity contribution in [2.75, 3.05) is 26.2 Å². The van der Waals surface area contributed by atoms with Crippen LogP contribution < -0.4 is 29.6 Å². The fourth-order valence-electron chi connectivity index (χ4n) is 3.10. The van der Waals surface area contributed by atoms with Crippen molar-refractivity contribution in [2.24, 2.45) is 0 Å². The molecular formula is C21H26FeN2NaO6+. The van der Waals surface area contributed by atoms with E-state index in [2.05, 4.69) is 0 Å². The first kappa shape index (κ1) is 29.4. The van der Waals surface area contributed by atoms with Gasteiger partial charge >= 0.3 is 41.5 Å². The van der Waals surface area contributed by atoms with Gasteiger partial charge in [0.25, 0.3) is 0 Å². The summed E-state index contributed by atoms with van der Waals surface area (Å²) in [5.41, 5.74) is 1.26. The Balaban J connectivity index is 0.00000450. The average Bonchev–Trinajstić information content (AvgIpc) is 2.64. The summed E-state index contributed by atoms with van der Waals surface area (Å²) in [6.45, 7) is 1.00. The van der Waals surface area contributed by atoms with E-state index in [0.29, 0.717) is 30.6 Å². The van der Waals surface area contributed by atoms with Gasteiger partial charge in [-0.15, -0.1) is 0 Å². The Kier molecular flexibility index (Phi) is 14.5. The predicted molar refractivity (Wildman–Crippen MR) is 107 cm³/mol. The van der Waals surface area contributed by atoms with Crippen LogP contribution in [-0.4, -0.2) is 68.3 Å². The summed E-state index contributed by atoms with van der Waals surface area (Å²) >= 11 is 0. The topological polar surface area (TPSA) is 122 Å². The molecule has 0 unspecified atom stereocenters. The van der Waals surface area contributed by atoms with Crippen LogP contribution in [0.2, 0.25) is 0 Å². The number of phenols is 2. The van der Waals surface area contributed by atoms with Crippen molar-refractivity contribution in [3.63, 3.8) is 0 Å². The zero-order chi connectivity index (χ0) is 21.2. The maximum Gasteiger partial charge on any atom is 1.00 e. The van der Waals surface area contributed by atoms with Crippen LogP contribution >= 0.6 is 0 Å². The fraction of sp³-hybridized carbons (Fsp3) is 0.333. The minimum atomic E-state index is -0.975. The second-order valence-corrected chi connectivity index (χ2v) is 6.82. The van der Waals surface area contributed by atoms with Gasteiger partial charge in [-0.2, -0.15) is 0 Å². The summed E-state index contributed by atoms with van der Waals surface area (Å²) in [6, 6.07) is 13.5. The number of nitrogens with zero attached hydrogens (tertiary/aromatic N) is 2. The Labute approximate surface area is 214 Å². The number of hydrogen-bond donors (Lipinski definition) is 4. The van der Waals surface area contributed by atoms with Crippen LogP contribution in [-0.2, 0) is 39.7 Å². The molecule has 0 radical (unpaired) electrons. The van der Waals surface area contributed by atoms with Crippen LogP contribution in [0.5, 0.6) is 11.5 Å². The number of hydrogen-bond acceptors (Lipinski definition) is 6. The molecule has 4 N–H and O–H groups in total. The third kappa shape index (κ3) is 11.0. The van der Waals surface area contributed by atoms with Crippen molar-refractivity contribution in [3.05, 3.63) is 59.7 Å². The second-order valence-electron chi connectivity index (χ2n) is 6.82. The summed E-state index contributed by atoms with van der Waals surface area (Å²) in [6.07, 6.45) is 0.530. The number of phenolic OH excluding ortho intramolecular Hbond substituents is 2. The third-order valence-electron chi connectivity index (χ3n) is 4.44. The molecule has 164 valence electrons. The van der Waals surface area contributed by atoms with Crippen LogP contribution in [0, 0.1) is 0 Å². The molecule has 0 aliphatic rings. The van der Waals surface area contributed by atoms with Gasteiger partial charge in [-0.25, -0.2) is 0 Å². The summed E-state index contributed by atoms with van der Waals surface area (Å²) < 4.78 is 0. The standard InChI is InChI=1S/C21H26N2O6.Fe.Na/c24-18-8-3-1-6-16(18)12-22(14-20(26)27)10-5-11-23(15-21(28)29)13-17-7-2-4-9-19(17)25;;/h1-4,6-9,24-25H,5,10-15H2,(H,26,27)(H,28,29);;/q;;+1. The van der Waals surface area contributed by atoms with Gasteiger partial charge in [0.2, 0.25) is 0 Å². The number of benzene rings is 2. The molecule has 0 atom stereocenters. The van der Waals surface area contributed by atoms with Gasteiger partial charge in [-0.05, 0) is 18.6 Å². The van der Waals surface area contributed by atoms with E-state index in [0.717, 1.165) is 0 Å². The molecule has 0 saturated carbocycles. The van der Waals surface area contributed by atoms with Crippen molar-refractivity contribution < 1.29 is 76.6 Å². The SMILES string of the molecule is O=C(O)CN(CCCN(CC(=O)O)Cc1ccccc1O)Cc1ccccc1O.[Fe].[Na+]. The summed E-state index contributed by atoms with van der Waals surface area (Å²) in [5.74, 6) is -1.74. The summed E-state index contributed by atoms with van der Waals surface area (Å²) in [5, 5.41) is 38.2. The fourth-order valence-corrected chi connectivity index (χ4v) is 3.10. The Morgan fingerprint density at radius 3 is 1.39 bits per heavy atom. The van der Waals surface area contributed by atoms with Crippen LogP contribution in [0.25, 0.3) is 0 Å². The number of aliphatic carboxylic acids is 2. The monoisotopic (exact) mass is 481 g/mol. The molecule has 0 aliphatic carbocycles. The molecule has 0 fully saturated rings. The zero-order valence-electron chi connectivity index (χ0n) is 17.4. The van der Waals surface area contributed by atoms with E-state index in [1.807, 2.05) is 0 Å². The van der Waals surface area contributed by atoms with Crippen molar-refractivity contribution in [1.29, 1.82) is 0 Å². The van der Waals surface area contributed by atoms with Crippen LogP contribution in [0.4, 0.5) is 0 Å². The number of para-hydroxylation sites is 2. The van der Waals surface area contributed by atoms with Crippen molar-refractivity contribution in [3.8, 4) is 11.5 Å². The number of aromatic hydroxyl groups is 2. The molecule has 2 aromatic carbocycles. The van der Waals surface area contributed by atoms with E-state index in [1.54, 1.807) is 58.3 Å². The molecule has 0 saturated heterocycles. The Hall–Kier alpha value is -1.58. The Morgan fingerprint density at radius 2 is 1.06 bits per heavy atom. The molecule has 0 heterocycles. The van der Waals surface area contributed by atoms with Gasteiger partial charge in [0, 0.05) is 54.4 Å². The summed E-state index contributed by atoms with van der Waals surface area (Å²) in [4.78, 5) is 25.8. The van der Waals surface area contributed by atoms with E-state index >= 15 is 0 Å². The molecule has 0 aliphatic heterocycles. The Bertz CT molecular complexity index is 772. The molecule has 2 aromatic rings. The van der Waals surface area contributed by atoms with Gasteiger partial charge < -0.3 is 20.4 Å². The average molecular weight is 481 g/mol. The van der Waals surface area contributed by atoms with Gasteiger partial charge in [0.1, 0.15) is 11.5 Å². The van der Waals surface area contributed by atoms with Gasteiger partial charge in [0.05, 0.1) is 13.1 Å². The van der Waals surface area contributed by atoms with Gasteiger partial charge in [0.15, 0.2) is 0 Å². The zero-order valence-corrected chi connectivity index (χ0v) is 20.5. The predicted octanol–water partition coefficient (Wildman–Crippen LogP) is -1.04. The van der Waals surface area contributed by atoms with Gasteiger partial charge in [-0.1, -0.05) is 36.4 Å². The number of carbonyl (C=O) groups is 2. The Morgan fingerprint density at radius 1 is 0.710 bits per heavy atom. The third-order valence-corrected chi connectivity index (χ3v) is 4.44. The summed E-state index contributed by atoms with van der Waals surface area (Å²) in [7, 11) is 0. The first-order chi connectivity index (χ1) is 13.8. The molecule has 31 heavy (non-hydrogen) atoms.